The van der Waals surface area contributed by atoms with E-state index >= 15 is 0 Å². The first-order valence-electron chi connectivity index (χ1n) is 4.40. The third-order valence-electron chi connectivity index (χ3n) is 1.68. The van der Waals surface area contributed by atoms with Crippen LogP contribution in [0.5, 0.6) is 5.75 Å². The van der Waals surface area contributed by atoms with Gasteiger partial charge in [-0.3, -0.25) is 4.99 Å². The molecule has 0 unspecified atom stereocenters. The Labute approximate surface area is 84.6 Å². The van der Waals surface area contributed by atoms with E-state index in [1.54, 1.807) is 20.2 Å². The molecule has 0 saturated heterocycles. The van der Waals surface area contributed by atoms with E-state index < -0.39 is 0 Å². The standard InChI is InChI=1S/C12H13NO/c1-3-4-8-13-10-11-6-5-7-12(9-11)14-2/h5-7,9-10H,8H2,1-2H3/b13-10+. The third-order valence-corrected chi connectivity index (χ3v) is 1.68. The van der Waals surface area contributed by atoms with Crippen LogP contribution in [0.4, 0.5) is 0 Å². The molecule has 0 aliphatic carbocycles. The highest BCUT2D eigenvalue weighted by Gasteiger charge is 1.90. The summed E-state index contributed by atoms with van der Waals surface area (Å²) in [4.78, 5) is 4.15. The quantitative estimate of drug-likeness (QED) is 0.524. The Hall–Kier alpha value is -1.75. The Balaban J connectivity index is 2.65. The summed E-state index contributed by atoms with van der Waals surface area (Å²) in [5.41, 5.74) is 1.03. The van der Waals surface area contributed by atoms with Crippen LogP contribution >= 0.6 is 0 Å². The van der Waals surface area contributed by atoms with Crippen molar-refractivity contribution in [1.29, 1.82) is 0 Å². The van der Waals surface area contributed by atoms with Gasteiger partial charge in [0.15, 0.2) is 0 Å². The molecule has 0 fully saturated rings. The molecule has 0 spiro atoms. The Morgan fingerprint density at radius 3 is 3.07 bits per heavy atom. The first-order chi connectivity index (χ1) is 6.86. The summed E-state index contributed by atoms with van der Waals surface area (Å²) >= 11 is 0. The van der Waals surface area contributed by atoms with Crippen molar-refractivity contribution in [1.82, 2.24) is 0 Å². The zero-order chi connectivity index (χ0) is 10.2. The second kappa shape index (κ2) is 5.82. The summed E-state index contributed by atoms with van der Waals surface area (Å²) in [6, 6.07) is 7.75. The molecule has 0 radical (unpaired) electrons. The molecule has 0 heterocycles. The van der Waals surface area contributed by atoms with Crippen LogP contribution in [0.1, 0.15) is 12.5 Å². The lowest BCUT2D eigenvalue weighted by atomic mass is 10.2. The van der Waals surface area contributed by atoms with Crippen LogP contribution in [-0.4, -0.2) is 19.9 Å². The van der Waals surface area contributed by atoms with E-state index in [1.165, 1.54) is 0 Å². The van der Waals surface area contributed by atoms with E-state index in [4.69, 9.17) is 4.74 Å². The molecule has 1 rings (SSSR count). The van der Waals surface area contributed by atoms with E-state index in [2.05, 4.69) is 16.8 Å². The molecule has 2 nitrogen and oxygen atoms in total. The van der Waals surface area contributed by atoms with Crippen LogP contribution in [0.3, 0.4) is 0 Å². The van der Waals surface area contributed by atoms with E-state index in [0.29, 0.717) is 6.54 Å². The second-order valence-corrected chi connectivity index (χ2v) is 2.67. The van der Waals surface area contributed by atoms with Gasteiger partial charge >= 0.3 is 0 Å². The fraction of sp³-hybridized carbons (Fsp3) is 0.250. The summed E-state index contributed by atoms with van der Waals surface area (Å²) in [6.07, 6.45) is 1.80. The molecule has 14 heavy (non-hydrogen) atoms. The van der Waals surface area contributed by atoms with Gasteiger partial charge in [0.2, 0.25) is 0 Å². The Bertz CT molecular complexity index is 371. The van der Waals surface area contributed by atoms with Crippen molar-refractivity contribution in [3.8, 4) is 17.6 Å². The maximum atomic E-state index is 5.09. The Kier molecular flexibility index (Phi) is 4.30. The fourth-order valence-electron chi connectivity index (χ4n) is 0.998. The molecule has 0 N–H and O–H groups in total. The van der Waals surface area contributed by atoms with Crippen molar-refractivity contribution in [3.63, 3.8) is 0 Å². The number of methoxy groups -OCH3 is 1. The summed E-state index contributed by atoms with van der Waals surface area (Å²) < 4.78 is 5.09. The van der Waals surface area contributed by atoms with Crippen LogP contribution in [0.2, 0.25) is 0 Å². The minimum Gasteiger partial charge on any atom is -0.497 e. The average molecular weight is 187 g/mol. The summed E-state index contributed by atoms with van der Waals surface area (Å²) in [6.45, 7) is 2.36. The summed E-state index contributed by atoms with van der Waals surface area (Å²) in [5, 5.41) is 0. The van der Waals surface area contributed by atoms with Crippen LogP contribution < -0.4 is 4.74 Å². The van der Waals surface area contributed by atoms with E-state index in [1.807, 2.05) is 24.3 Å². The Morgan fingerprint density at radius 2 is 2.36 bits per heavy atom. The van der Waals surface area contributed by atoms with Crippen molar-refractivity contribution in [2.75, 3.05) is 13.7 Å². The second-order valence-electron chi connectivity index (χ2n) is 2.67. The van der Waals surface area contributed by atoms with E-state index in [9.17, 15) is 0 Å². The summed E-state index contributed by atoms with van der Waals surface area (Å²) in [7, 11) is 1.65. The van der Waals surface area contributed by atoms with Gasteiger partial charge in [-0.2, -0.15) is 0 Å². The average Bonchev–Trinajstić information content (AvgIpc) is 2.25. The summed E-state index contributed by atoms with van der Waals surface area (Å²) in [5.74, 6) is 6.50. The molecule has 0 aromatic heterocycles. The lowest BCUT2D eigenvalue weighted by molar-refractivity contribution is 0.415. The minimum atomic E-state index is 0.549. The first kappa shape index (κ1) is 10.3. The molecule has 0 aliphatic rings. The fourth-order valence-corrected chi connectivity index (χ4v) is 0.998. The van der Waals surface area contributed by atoms with Crippen LogP contribution in [-0.2, 0) is 0 Å². The molecule has 0 atom stereocenters. The lowest BCUT2D eigenvalue weighted by Gasteiger charge is -1.98. The zero-order valence-electron chi connectivity index (χ0n) is 8.45. The zero-order valence-corrected chi connectivity index (χ0v) is 8.45. The monoisotopic (exact) mass is 187 g/mol. The molecule has 2 heteroatoms. The molecule has 0 aliphatic heterocycles. The highest BCUT2D eigenvalue weighted by Crippen LogP contribution is 2.10. The Morgan fingerprint density at radius 1 is 1.50 bits per heavy atom. The molecular weight excluding hydrogens is 174 g/mol. The van der Waals surface area contributed by atoms with Gasteiger partial charge in [-0.25, -0.2) is 0 Å². The van der Waals surface area contributed by atoms with Gasteiger partial charge in [0.1, 0.15) is 5.75 Å². The van der Waals surface area contributed by atoms with Crippen molar-refractivity contribution in [2.45, 2.75) is 6.92 Å². The predicted molar refractivity (Wildman–Crippen MR) is 58.9 cm³/mol. The highest BCUT2D eigenvalue weighted by molar-refractivity contribution is 5.80. The number of aliphatic imine (C=N–C) groups is 1. The van der Waals surface area contributed by atoms with Crippen molar-refractivity contribution < 1.29 is 4.74 Å². The van der Waals surface area contributed by atoms with Gasteiger partial charge in [-0.15, -0.1) is 5.92 Å². The van der Waals surface area contributed by atoms with Crippen LogP contribution in [0, 0.1) is 11.8 Å². The molecule has 1 aromatic rings. The number of nitrogens with zero attached hydrogens (tertiary/aromatic N) is 1. The molecule has 0 bridgehead atoms. The van der Waals surface area contributed by atoms with Crippen molar-refractivity contribution in [2.24, 2.45) is 4.99 Å². The number of ether oxygens (including phenoxy) is 1. The smallest absolute Gasteiger partial charge is 0.119 e. The SMILES string of the molecule is CC#CC/N=C/c1cccc(OC)c1. The van der Waals surface area contributed by atoms with Gasteiger partial charge < -0.3 is 4.74 Å². The van der Waals surface area contributed by atoms with Gasteiger partial charge in [0.25, 0.3) is 0 Å². The van der Waals surface area contributed by atoms with Gasteiger partial charge in [0.05, 0.1) is 13.7 Å². The number of hydrogen-bond donors (Lipinski definition) is 0. The largest absolute Gasteiger partial charge is 0.497 e. The maximum absolute atomic E-state index is 5.09. The van der Waals surface area contributed by atoms with Gasteiger partial charge in [-0.05, 0) is 24.6 Å². The van der Waals surface area contributed by atoms with Crippen LogP contribution in [0.15, 0.2) is 29.3 Å². The van der Waals surface area contributed by atoms with Crippen molar-refractivity contribution in [3.05, 3.63) is 29.8 Å². The molecule has 72 valence electrons. The van der Waals surface area contributed by atoms with Crippen LogP contribution in [0.25, 0.3) is 0 Å². The maximum Gasteiger partial charge on any atom is 0.119 e. The topological polar surface area (TPSA) is 21.6 Å². The molecule has 0 saturated carbocycles. The normalized spacial score (nSPS) is 9.57. The lowest BCUT2D eigenvalue weighted by Crippen LogP contribution is -1.86. The number of rotatable bonds is 3. The molecule has 1 aromatic carbocycles. The third kappa shape index (κ3) is 3.32. The van der Waals surface area contributed by atoms with E-state index in [-0.39, 0.29) is 0 Å². The molecule has 0 amide bonds. The van der Waals surface area contributed by atoms with Crippen molar-refractivity contribution >= 4 is 6.21 Å². The predicted octanol–water partition coefficient (Wildman–Crippen LogP) is 2.14. The highest BCUT2D eigenvalue weighted by atomic mass is 16.5. The molecular formula is C12H13NO. The van der Waals surface area contributed by atoms with Gasteiger partial charge in [0, 0.05) is 6.21 Å². The first-order valence-corrected chi connectivity index (χ1v) is 4.40. The van der Waals surface area contributed by atoms with E-state index in [0.717, 1.165) is 11.3 Å². The number of hydrogen-bond acceptors (Lipinski definition) is 2. The minimum absolute atomic E-state index is 0.549. The van der Waals surface area contributed by atoms with Gasteiger partial charge in [-0.1, -0.05) is 18.1 Å². The number of benzene rings is 1.